The van der Waals surface area contributed by atoms with Crippen LogP contribution in [0, 0.1) is 0 Å². The second-order valence-corrected chi connectivity index (χ2v) is 4.44. The maximum Gasteiger partial charge on any atom is 0.135 e. The van der Waals surface area contributed by atoms with E-state index in [0.29, 0.717) is 6.61 Å². The second kappa shape index (κ2) is 6.63. The number of rotatable bonds is 6. The van der Waals surface area contributed by atoms with Crippen molar-refractivity contribution in [3.05, 3.63) is 16.6 Å². The predicted molar refractivity (Wildman–Crippen MR) is 73.1 cm³/mol. The zero-order valence-electron chi connectivity index (χ0n) is 9.85. The van der Waals surface area contributed by atoms with Crippen molar-refractivity contribution < 1.29 is 4.74 Å². The topological polar surface area (TPSA) is 47.3 Å². The van der Waals surface area contributed by atoms with Crippen molar-refractivity contribution in [3.63, 3.8) is 0 Å². The van der Waals surface area contributed by atoms with Crippen LogP contribution in [-0.2, 0) is 0 Å². The standard InChI is InChI=1S/C12H19BrN2O/c1-3-5-6-15-11-8-12(16-4-2)9(13)7-10(11)14/h7-8,15H,3-6,14H2,1-2H3. The number of unbranched alkanes of at least 4 members (excludes halogenated alkanes) is 1. The summed E-state index contributed by atoms with van der Waals surface area (Å²) in [5, 5.41) is 3.31. The maximum absolute atomic E-state index is 5.92. The molecule has 0 bridgehead atoms. The molecule has 1 aromatic carbocycles. The van der Waals surface area contributed by atoms with E-state index in [1.807, 2.05) is 19.1 Å². The minimum atomic E-state index is 0.650. The average Bonchev–Trinajstić information content (AvgIpc) is 2.25. The SMILES string of the molecule is CCCCNc1cc(OCC)c(Br)cc1N. The second-order valence-electron chi connectivity index (χ2n) is 3.58. The van der Waals surface area contributed by atoms with Crippen LogP contribution in [0.1, 0.15) is 26.7 Å². The van der Waals surface area contributed by atoms with Crippen LogP contribution in [0.5, 0.6) is 5.75 Å². The van der Waals surface area contributed by atoms with Gasteiger partial charge in [0.05, 0.1) is 22.5 Å². The minimum absolute atomic E-state index is 0.650. The van der Waals surface area contributed by atoms with Gasteiger partial charge in [-0.05, 0) is 35.3 Å². The van der Waals surface area contributed by atoms with Crippen LogP contribution in [0.3, 0.4) is 0 Å². The Hall–Kier alpha value is -0.900. The number of hydrogen-bond acceptors (Lipinski definition) is 3. The van der Waals surface area contributed by atoms with Crippen molar-refractivity contribution in [2.45, 2.75) is 26.7 Å². The van der Waals surface area contributed by atoms with Crippen molar-refractivity contribution in [2.24, 2.45) is 0 Å². The lowest BCUT2D eigenvalue weighted by Gasteiger charge is -2.13. The van der Waals surface area contributed by atoms with Gasteiger partial charge in [0.1, 0.15) is 5.75 Å². The number of benzene rings is 1. The Morgan fingerprint density at radius 2 is 2.12 bits per heavy atom. The zero-order valence-corrected chi connectivity index (χ0v) is 11.4. The van der Waals surface area contributed by atoms with E-state index in [0.717, 1.165) is 34.6 Å². The third-order valence-electron chi connectivity index (χ3n) is 2.25. The third-order valence-corrected chi connectivity index (χ3v) is 2.87. The van der Waals surface area contributed by atoms with Crippen LogP contribution in [0.25, 0.3) is 0 Å². The van der Waals surface area contributed by atoms with Gasteiger partial charge in [0.2, 0.25) is 0 Å². The molecule has 16 heavy (non-hydrogen) atoms. The first-order chi connectivity index (χ1) is 7.69. The fourth-order valence-electron chi connectivity index (χ4n) is 1.39. The lowest BCUT2D eigenvalue weighted by molar-refractivity contribution is 0.338. The molecular weight excluding hydrogens is 268 g/mol. The largest absolute Gasteiger partial charge is 0.493 e. The van der Waals surface area contributed by atoms with Crippen LogP contribution in [-0.4, -0.2) is 13.2 Å². The lowest BCUT2D eigenvalue weighted by atomic mass is 10.2. The van der Waals surface area contributed by atoms with E-state index in [2.05, 4.69) is 28.2 Å². The molecule has 0 unspecified atom stereocenters. The Kier molecular flexibility index (Phi) is 5.46. The first-order valence-corrected chi connectivity index (χ1v) is 6.44. The third kappa shape index (κ3) is 3.59. The Morgan fingerprint density at radius 1 is 1.38 bits per heavy atom. The summed E-state index contributed by atoms with van der Waals surface area (Å²) in [5.74, 6) is 0.829. The van der Waals surface area contributed by atoms with E-state index in [9.17, 15) is 0 Å². The molecule has 0 aliphatic heterocycles. The van der Waals surface area contributed by atoms with Gasteiger partial charge in [-0.3, -0.25) is 0 Å². The number of halogens is 1. The number of hydrogen-bond donors (Lipinski definition) is 2. The Labute approximate surface area is 105 Å². The summed E-state index contributed by atoms with van der Waals surface area (Å²) in [6.45, 7) is 5.72. The number of nitrogens with one attached hydrogen (secondary N) is 1. The average molecular weight is 287 g/mol. The van der Waals surface area contributed by atoms with Gasteiger partial charge in [-0.25, -0.2) is 0 Å². The maximum atomic E-state index is 5.92. The molecule has 3 nitrogen and oxygen atoms in total. The fraction of sp³-hybridized carbons (Fsp3) is 0.500. The number of anilines is 2. The summed E-state index contributed by atoms with van der Waals surface area (Å²) >= 11 is 3.43. The Morgan fingerprint density at radius 3 is 2.75 bits per heavy atom. The fourth-order valence-corrected chi connectivity index (χ4v) is 1.86. The first-order valence-electron chi connectivity index (χ1n) is 5.64. The highest BCUT2D eigenvalue weighted by molar-refractivity contribution is 9.10. The molecule has 0 saturated heterocycles. The molecule has 3 N–H and O–H groups in total. The van der Waals surface area contributed by atoms with Crippen molar-refractivity contribution in [1.82, 2.24) is 0 Å². The molecule has 90 valence electrons. The van der Waals surface area contributed by atoms with Crippen LogP contribution in [0.2, 0.25) is 0 Å². The van der Waals surface area contributed by atoms with Gasteiger partial charge in [0.15, 0.2) is 0 Å². The van der Waals surface area contributed by atoms with E-state index in [1.54, 1.807) is 0 Å². The molecule has 0 radical (unpaired) electrons. The normalized spacial score (nSPS) is 10.2. The molecular formula is C12H19BrN2O. The van der Waals surface area contributed by atoms with Gasteiger partial charge in [-0.2, -0.15) is 0 Å². The monoisotopic (exact) mass is 286 g/mol. The van der Waals surface area contributed by atoms with Gasteiger partial charge in [-0.1, -0.05) is 13.3 Å². The number of nitrogen functional groups attached to an aromatic ring is 1. The van der Waals surface area contributed by atoms with E-state index in [4.69, 9.17) is 10.5 Å². The number of ether oxygens (including phenoxy) is 1. The Balaban J connectivity index is 2.78. The van der Waals surface area contributed by atoms with E-state index in [-0.39, 0.29) is 0 Å². The molecule has 1 aromatic rings. The summed E-state index contributed by atoms with van der Waals surface area (Å²) in [6, 6.07) is 3.82. The summed E-state index contributed by atoms with van der Waals surface area (Å²) in [6.07, 6.45) is 2.31. The molecule has 0 aliphatic carbocycles. The molecule has 0 amide bonds. The molecule has 0 heterocycles. The van der Waals surface area contributed by atoms with Gasteiger partial charge >= 0.3 is 0 Å². The predicted octanol–water partition coefficient (Wildman–Crippen LogP) is 3.64. The summed E-state index contributed by atoms with van der Waals surface area (Å²) in [5.41, 5.74) is 7.61. The van der Waals surface area contributed by atoms with Crippen molar-refractivity contribution >= 4 is 27.3 Å². The van der Waals surface area contributed by atoms with Gasteiger partial charge < -0.3 is 15.8 Å². The molecule has 0 atom stereocenters. The molecule has 0 aliphatic rings. The van der Waals surface area contributed by atoms with Crippen molar-refractivity contribution in [2.75, 3.05) is 24.2 Å². The molecule has 1 rings (SSSR count). The van der Waals surface area contributed by atoms with E-state index in [1.165, 1.54) is 6.42 Å². The first kappa shape index (κ1) is 13.2. The lowest BCUT2D eigenvalue weighted by Crippen LogP contribution is -2.05. The summed E-state index contributed by atoms with van der Waals surface area (Å²) in [7, 11) is 0. The molecule has 4 heteroatoms. The van der Waals surface area contributed by atoms with Crippen LogP contribution >= 0.6 is 15.9 Å². The smallest absolute Gasteiger partial charge is 0.135 e. The zero-order chi connectivity index (χ0) is 12.0. The molecule has 0 spiro atoms. The van der Waals surface area contributed by atoms with Gasteiger partial charge in [0, 0.05) is 12.6 Å². The highest BCUT2D eigenvalue weighted by atomic mass is 79.9. The summed E-state index contributed by atoms with van der Waals surface area (Å²) < 4.78 is 6.39. The van der Waals surface area contributed by atoms with Crippen LogP contribution < -0.4 is 15.8 Å². The number of nitrogens with two attached hydrogens (primary N) is 1. The molecule has 0 aromatic heterocycles. The Bertz CT molecular complexity index is 342. The minimum Gasteiger partial charge on any atom is -0.493 e. The van der Waals surface area contributed by atoms with Crippen molar-refractivity contribution in [3.8, 4) is 5.75 Å². The summed E-state index contributed by atoms with van der Waals surface area (Å²) in [4.78, 5) is 0. The quantitative estimate of drug-likeness (QED) is 0.620. The molecule has 0 saturated carbocycles. The van der Waals surface area contributed by atoms with E-state index < -0.39 is 0 Å². The highest BCUT2D eigenvalue weighted by Gasteiger charge is 2.06. The van der Waals surface area contributed by atoms with Crippen LogP contribution in [0.4, 0.5) is 11.4 Å². The van der Waals surface area contributed by atoms with Gasteiger partial charge in [-0.15, -0.1) is 0 Å². The van der Waals surface area contributed by atoms with Crippen molar-refractivity contribution in [1.29, 1.82) is 0 Å². The molecule has 0 fully saturated rings. The van der Waals surface area contributed by atoms with Crippen LogP contribution in [0.15, 0.2) is 16.6 Å². The van der Waals surface area contributed by atoms with Gasteiger partial charge in [0.25, 0.3) is 0 Å². The highest BCUT2D eigenvalue weighted by Crippen LogP contribution is 2.33. The van der Waals surface area contributed by atoms with E-state index >= 15 is 0 Å².